The van der Waals surface area contributed by atoms with Crippen LogP contribution in [-0.4, -0.2) is 48.9 Å². The van der Waals surface area contributed by atoms with Crippen LogP contribution in [0.25, 0.3) is 0 Å². The van der Waals surface area contributed by atoms with E-state index in [0.29, 0.717) is 47.5 Å². The molecule has 0 spiro atoms. The Morgan fingerprint density at radius 3 is 2.28 bits per heavy atom. The third-order valence-corrected chi connectivity index (χ3v) is 6.54. The normalized spacial score (nSPS) is 15.1. The first-order chi connectivity index (χ1) is 15.1. The van der Waals surface area contributed by atoms with Crippen molar-refractivity contribution in [2.75, 3.05) is 36.8 Å². The van der Waals surface area contributed by atoms with E-state index in [1.807, 2.05) is 29.2 Å². The van der Waals surface area contributed by atoms with Crippen molar-refractivity contribution in [1.82, 2.24) is 10.2 Å². The third kappa shape index (κ3) is 7.13. The first-order valence-electron chi connectivity index (χ1n) is 10.4. The first-order valence-corrected chi connectivity index (χ1v) is 11.4. The predicted octanol–water partition coefficient (Wildman–Crippen LogP) is 4.75. The van der Waals surface area contributed by atoms with E-state index in [2.05, 4.69) is 10.2 Å². The zero-order valence-corrected chi connectivity index (χ0v) is 19.0. The highest BCUT2D eigenvalue weighted by molar-refractivity contribution is 7.99. The summed E-state index contributed by atoms with van der Waals surface area (Å²) in [6, 6.07) is 10.9. The van der Waals surface area contributed by atoms with Crippen LogP contribution in [0.2, 0.25) is 0 Å². The highest BCUT2D eigenvalue weighted by Gasteiger charge is 2.28. The molecule has 1 fully saturated rings. The lowest BCUT2D eigenvalue weighted by atomic mass is 10.1. The van der Waals surface area contributed by atoms with E-state index in [9.17, 15) is 22.4 Å². The quantitative estimate of drug-likeness (QED) is 0.469. The van der Waals surface area contributed by atoms with Crippen molar-refractivity contribution in [2.45, 2.75) is 38.0 Å². The number of hydrogen-bond acceptors (Lipinski definition) is 4. The molecule has 0 saturated carbocycles. The van der Waals surface area contributed by atoms with Gasteiger partial charge in [-0.05, 0) is 35.7 Å². The maximum absolute atomic E-state index is 14.6. The van der Waals surface area contributed by atoms with E-state index in [0.717, 1.165) is 30.8 Å². The Kier molecular flexibility index (Phi) is 8.05. The van der Waals surface area contributed by atoms with E-state index in [-0.39, 0.29) is 5.91 Å². The Morgan fingerprint density at radius 2 is 1.69 bits per heavy atom. The summed E-state index contributed by atoms with van der Waals surface area (Å²) in [6.45, 7) is 7.03. The van der Waals surface area contributed by atoms with Gasteiger partial charge >= 0.3 is 6.18 Å². The van der Waals surface area contributed by atoms with Crippen molar-refractivity contribution in [3.8, 4) is 0 Å². The molecule has 0 radical (unpaired) electrons. The van der Waals surface area contributed by atoms with Gasteiger partial charge in [-0.15, -0.1) is 11.8 Å². The fraction of sp³-hybridized carbons (Fsp3) is 0.435. The van der Waals surface area contributed by atoms with Crippen LogP contribution in [0.1, 0.15) is 23.6 Å². The summed E-state index contributed by atoms with van der Waals surface area (Å²) in [5.74, 6) is -1.46. The Balaban J connectivity index is 1.56. The minimum Gasteiger partial charge on any atom is -0.367 e. The van der Waals surface area contributed by atoms with Crippen LogP contribution in [0.15, 0.2) is 41.3 Å². The lowest BCUT2D eigenvalue weighted by Crippen LogP contribution is -2.46. The van der Waals surface area contributed by atoms with Crippen LogP contribution < -0.4 is 10.2 Å². The number of nitrogens with zero attached hydrogens (tertiary/aromatic N) is 2. The molecule has 1 N–H and O–H groups in total. The maximum Gasteiger partial charge on any atom is 0.398 e. The predicted molar refractivity (Wildman–Crippen MR) is 119 cm³/mol. The zero-order chi connectivity index (χ0) is 23.3. The van der Waals surface area contributed by atoms with Gasteiger partial charge in [-0.25, -0.2) is 4.39 Å². The van der Waals surface area contributed by atoms with Crippen LogP contribution in [0, 0.1) is 12.7 Å². The summed E-state index contributed by atoms with van der Waals surface area (Å²) in [7, 11) is 0. The number of hydrogen-bond donors (Lipinski definition) is 1. The molecule has 0 bridgehead atoms. The van der Waals surface area contributed by atoms with E-state index >= 15 is 0 Å². The lowest BCUT2D eigenvalue weighted by molar-refractivity contribution is -0.119. The van der Waals surface area contributed by atoms with E-state index in [1.54, 1.807) is 13.0 Å². The Labute approximate surface area is 190 Å². The van der Waals surface area contributed by atoms with E-state index in [1.165, 1.54) is 13.0 Å². The number of alkyl halides is 3. The molecule has 32 heavy (non-hydrogen) atoms. The molecule has 0 atom stereocenters. The van der Waals surface area contributed by atoms with Gasteiger partial charge in [-0.3, -0.25) is 9.69 Å². The van der Waals surface area contributed by atoms with Crippen LogP contribution in [-0.2, 0) is 17.9 Å². The molecule has 9 heteroatoms. The lowest BCUT2D eigenvalue weighted by Gasteiger charge is -2.36. The summed E-state index contributed by atoms with van der Waals surface area (Å²) in [5.41, 5.74) is 3.06. The van der Waals surface area contributed by atoms with E-state index in [4.69, 9.17) is 0 Å². The van der Waals surface area contributed by atoms with Gasteiger partial charge in [0.1, 0.15) is 5.82 Å². The van der Waals surface area contributed by atoms with Gasteiger partial charge < -0.3 is 10.2 Å². The number of halogens is 4. The number of carbonyl (C=O) groups is 1. The van der Waals surface area contributed by atoms with Crippen LogP contribution in [0.3, 0.4) is 0 Å². The summed E-state index contributed by atoms with van der Waals surface area (Å²) >= 11 is 0.697. The number of carbonyl (C=O) groups excluding carboxylic acids is 1. The monoisotopic (exact) mass is 469 g/mol. The molecule has 1 aliphatic rings. The molecule has 3 rings (SSSR count). The number of nitrogens with one attached hydrogen (secondary N) is 1. The average molecular weight is 470 g/mol. The Bertz CT molecular complexity index is 926. The molecule has 1 heterocycles. The number of anilines is 1. The summed E-state index contributed by atoms with van der Waals surface area (Å²) in [6.07, 6.45) is -4.26. The highest BCUT2D eigenvalue weighted by atomic mass is 32.2. The fourth-order valence-corrected chi connectivity index (χ4v) is 4.39. The topological polar surface area (TPSA) is 35.6 Å². The zero-order valence-electron chi connectivity index (χ0n) is 18.1. The summed E-state index contributed by atoms with van der Waals surface area (Å²) < 4.78 is 52.4. The van der Waals surface area contributed by atoms with Crippen molar-refractivity contribution in [3.05, 3.63) is 58.9 Å². The molecular formula is C23H27F4N3OS. The SMILES string of the molecule is CC(=O)NCc1ccc(CN2CCN(c3cc(SCC(F)(F)F)c(C)cc3F)CC2)cc1. The van der Waals surface area contributed by atoms with Gasteiger partial charge in [-0.2, -0.15) is 13.2 Å². The third-order valence-electron chi connectivity index (χ3n) is 5.32. The molecule has 174 valence electrons. The molecule has 0 aliphatic carbocycles. The molecule has 0 aromatic heterocycles. The molecule has 4 nitrogen and oxygen atoms in total. The number of rotatable bonds is 7. The standard InChI is InChI=1S/C23H27F4N3OS/c1-16-11-20(24)21(12-22(16)32-15-23(25,26)27)30-9-7-29(8-10-30)14-19-5-3-18(4-6-19)13-28-17(2)31/h3-6,11-12H,7-10,13-15H2,1-2H3,(H,28,31). The van der Waals surface area contributed by atoms with Gasteiger partial charge in [0.25, 0.3) is 0 Å². The number of piperazine rings is 1. The van der Waals surface area contributed by atoms with Crippen molar-refractivity contribution < 1.29 is 22.4 Å². The minimum absolute atomic E-state index is 0.0666. The van der Waals surface area contributed by atoms with Gasteiger partial charge in [0.05, 0.1) is 11.4 Å². The van der Waals surface area contributed by atoms with Crippen molar-refractivity contribution >= 4 is 23.4 Å². The molecule has 2 aromatic rings. The van der Waals surface area contributed by atoms with Crippen LogP contribution in [0.4, 0.5) is 23.2 Å². The van der Waals surface area contributed by atoms with Gasteiger partial charge in [0.2, 0.25) is 5.91 Å². The minimum atomic E-state index is -4.26. The van der Waals surface area contributed by atoms with Crippen molar-refractivity contribution in [3.63, 3.8) is 0 Å². The molecule has 1 amide bonds. The molecule has 1 aliphatic heterocycles. The summed E-state index contributed by atoms with van der Waals surface area (Å²) in [4.78, 5) is 15.6. The Hall–Kier alpha value is -2.26. The van der Waals surface area contributed by atoms with Gasteiger partial charge in [-0.1, -0.05) is 24.3 Å². The number of thioether (sulfide) groups is 1. The van der Waals surface area contributed by atoms with Crippen LogP contribution in [0.5, 0.6) is 0 Å². The molecule has 2 aromatic carbocycles. The Morgan fingerprint density at radius 1 is 1.06 bits per heavy atom. The smallest absolute Gasteiger partial charge is 0.367 e. The molecular weight excluding hydrogens is 442 g/mol. The van der Waals surface area contributed by atoms with Gasteiger partial charge in [0.15, 0.2) is 0 Å². The van der Waals surface area contributed by atoms with Crippen molar-refractivity contribution in [1.29, 1.82) is 0 Å². The first kappa shape index (κ1) is 24.4. The maximum atomic E-state index is 14.6. The number of aryl methyl sites for hydroxylation is 1. The second-order valence-electron chi connectivity index (χ2n) is 7.96. The highest BCUT2D eigenvalue weighted by Crippen LogP contribution is 2.34. The van der Waals surface area contributed by atoms with Crippen molar-refractivity contribution in [2.24, 2.45) is 0 Å². The molecule has 1 saturated heterocycles. The fourth-order valence-electron chi connectivity index (χ4n) is 3.59. The summed E-state index contributed by atoms with van der Waals surface area (Å²) in [5, 5.41) is 2.77. The second kappa shape index (κ2) is 10.6. The van der Waals surface area contributed by atoms with Gasteiger partial charge in [0, 0.05) is 51.1 Å². The second-order valence-corrected chi connectivity index (χ2v) is 8.98. The molecule has 0 unspecified atom stereocenters. The largest absolute Gasteiger partial charge is 0.398 e. The number of amides is 1. The van der Waals surface area contributed by atoms with Crippen LogP contribution >= 0.6 is 11.8 Å². The average Bonchev–Trinajstić information content (AvgIpc) is 2.73. The van der Waals surface area contributed by atoms with E-state index < -0.39 is 17.7 Å². The number of benzene rings is 2.